The lowest BCUT2D eigenvalue weighted by atomic mass is 9.82. The predicted octanol–water partition coefficient (Wildman–Crippen LogP) is 2.31. The van der Waals surface area contributed by atoms with Crippen molar-refractivity contribution in [1.82, 2.24) is 9.80 Å². The quantitative estimate of drug-likeness (QED) is 0.792. The van der Waals surface area contributed by atoms with Gasteiger partial charge >= 0.3 is 0 Å². The molecule has 25 heavy (non-hydrogen) atoms. The third-order valence-corrected chi connectivity index (χ3v) is 5.99. The normalized spacial score (nSPS) is 28.8. The first kappa shape index (κ1) is 23.0. The van der Waals surface area contributed by atoms with Gasteiger partial charge in [0.2, 0.25) is 5.91 Å². The SMILES string of the molecule is Cl.Cl.NC1CCCCC1CC(=O)N1CCC(CN2CCOCC2)CC1. The molecule has 2 heterocycles. The molecule has 0 spiro atoms. The second-order valence-corrected chi connectivity index (χ2v) is 7.65. The Morgan fingerprint density at radius 1 is 0.960 bits per heavy atom. The fraction of sp³-hybridized carbons (Fsp3) is 0.944. The summed E-state index contributed by atoms with van der Waals surface area (Å²) < 4.78 is 5.41. The molecule has 3 fully saturated rings. The van der Waals surface area contributed by atoms with Gasteiger partial charge in [-0.1, -0.05) is 12.8 Å². The second kappa shape index (κ2) is 11.6. The number of amides is 1. The molecule has 1 saturated carbocycles. The van der Waals surface area contributed by atoms with E-state index in [-0.39, 0.29) is 30.9 Å². The van der Waals surface area contributed by atoms with E-state index in [0.29, 0.717) is 18.2 Å². The highest BCUT2D eigenvalue weighted by molar-refractivity contribution is 5.85. The van der Waals surface area contributed by atoms with E-state index in [0.717, 1.165) is 71.0 Å². The number of carbonyl (C=O) groups excluding carboxylic acids is 1. The van der Waals surface area contributed by atoms with Gasteiger partial charge in [0.05, 0.1) is 13.2 Å². The van der Waals surface area contributed by atoms with Crippen LogP contribution in [0.3, 0.4) is 0 Å². The lowest BCUT2D eigenvalue weighted by molar-refractivity contribution is -0.134. The number of hydrogen-bond donors (Lipinski definition) is 1. The number of halogens is 2. The molecular formula is C18H35Cl2N3O2. The molecular weight excluding hydrogens is 361 g/mol. The van der Waals surface area contributed by atoms with Crippen LogP contribution in [0.5, 0.6) is 0 Å². The summed E-state index contributed by atoms with van der Waals surface area (Å²) in [6.45, 7) is 6.94. The molecule has 0 radical (unpaired) electrons. The van der Waals surface area contributed by atoms with Crippen LogP contribution in [-0.4, -0.2) is 67.7 Å². The zero-order valence-electron chi connectivity index (χ0n) is 15.2. The maximum Gasteiger partial charge on any atom is 0.222 e. The van der Waals surface area contributed by atoms with E-state index in [4.69, 9.17) is 10.5 Å². The van der Waals surface area contributed by atoms with Crippen LogP contribution < -0.4 is 5.73 Å². The fourth-order valence-electron chi connectivity index (χ4n) is 4.36. The van der Waals surface area contributed by atoms with Crippen molar-refractivity contribution in [1.29, 1.82) is 0 Å². The molecule has 3 aliphatic rings. The highest BCUT2D eigenvalue weighted by atomic mass is 35.5. The molecule has 1 amide bonds. The molecule has 148 valence electrons. The van der Waals surface area contributed by atoms with E-state index in [1.807, 2.05) is 0 Å². The Kier molecular flexibility index (Phi) is 10.7. The molecule has 3 rings (SSSR count). The summed E-state index contributed by atoms with van der Waals surface area (Å²) in [5.74, 6) is 1.51. The Hall–Kier alpha value is -0.0700. The topological polar surface area (TPSA) is 58.8 Å². The molecule has 2 atom stereocenters. The summed E-state index contributed by atoms with van der Waals surface area (Å²) >= 11 is 0. The van der Waals surface area contributed by atoms with Gasteiger partial charge in [0, 0.05) is 45.2 Å². The van der Waals surface area contributed by atoms with Crippen molar-refractivity contribution in [3.8, 4) is 0 Å². The fourth-order valence-corrected chi connectivity index (χ4v) is 4.36. The lowest BCUT2D eigenvalue weighted by Crippen LogP contribution is -2.45. The van der Waals surface area contributed by atoms with Gasteiger partial charge in [-0.25, -0.2) is 0 Å². The van der Waals surface area contributed by atoms with Crippen LogP contribution in [0.1, 0.15) is 44.9 Å². The average molecular weight is 396 g/mol. The van der Waals surface area contributed by atoms with E-state index in [1.165, 1.54) is 19.4 Å². The van der Waals surface area contributed by atoms with E-state index in [2.05, 4.69) is 9.80 Å². The molecule has 2 aliphatic heterocycles. The van der Waals surface area contributed by atoms with Gasteiger partial charge in [0.25, 0.3) is 0 Å². The molecule has 1 aliphatic carbocycles. The van der Waals surface area contributed by atoms with Crippen LogP contribution in [0.2, 0.25) is 0 Å². The number of ether oxygens (including phenoxy) is 1. The molecule has 0 aromatic rings. The van der Waals surface area contributed by atoms with E-state index in [9.17, 15) is 4.79 Å². The summed E-state index contributed by atoms with van der Waals surface area (Å²) in [5, 5.41) is 0. The monoisotopic (exact) mass is 395 g/mol. The molecule has 5 nitrogen and oxygen atoms in total. The van der Waals surface area contributed by atoms with Crippen molar-refractivity contribution in [2.24, 2.45) is 17.6 Å². The summed E-state index contributed by atoms with van der Waals surface area (Å²) in [6.07, 6.45) is 7.70. The Balaban J connectivity index is 0.00000156. The number of rotatable bonds is 4. The Morgan fingerprint density at radius 3 is 2.24 bits per heavy atom. The van der Waals surface area contributed by atoms with Gasteiger partial charge in [-0.3, -0.25) is 9.69 Å². The van der Waals surface area contributed by atoms with Crippen LogP contribution in [0.25, 0.3) is 0 Å². The number of nitrogens with two attached hydrogens (primary N) is 1. The maximum absolute atomic E-state index is 12.6. The second-order valence-electron chi connectivity index (χ2n) is 7.65. The van der Waals surface area contributed by atoms with Crippen molar-refractivity contribution in [3.63, 3.8) is 0 Å². The lowest BCUT2D eigenvalue weighted by Gasteiger charge is -2.37. The minimum absolute atomic E-state index is 0. The number of nitrogens with zero attached hydrogens (tertiary/aromatic N) is 2. The van der Waals surface area contributed by atoms with Gasteiger partial charge in [-0.15, -0.1) is 24.8 Å². The highest BCUT2D eigenvalue weighted by Crippen LogP contribution is 2.27. The first-order valence-corrected chi connectivity index (χ1v) is 9.56. The highest BCUT2D eigenvalue weighted by Gasteiger charge is 2.29. The number of piperidine rings is 1. The first-order chi connectivity index (χ1) is 11.2. The third-order valence-electron chi connectivity index (χ3n) is 5.99. The van der Waals surface area contributed by atoms with Crippen molar-refractivity contribution in [2.45, 2.75) is 51.0 Å². The predicted molar refractivity (Wildman–Crippen MR) is 106 cm³/mol. The number of morpholine rings is 1. The molecule has 2 unspecified atom stereocenters. The summed E-state index contributed by atoms with van der Waals surface area (Å²) in [6, 6.07) is 0.242. The van der Waals surface area contributed by atoms with E-state index >= 15 is 0 Å². The van der Waals surface area contributed by atoms with Crippen LogP contribution in [0.15, 0.2) is 0 Å². The van der Waals surface area contributed by atoms with E-state index < -0.39 is 0 Å². The molecule has 2 N–H and O–H groups in total. The largest absolute Gasteiger partial charge is 0.379 e. The Labute approximate surface area is 164 Å². The maximum atomic E-state index is 12.6. The smallest absolute Gasteiger partial charge is 0.222 e. The van der Waals surface area contributed by atoms with Crippen LogP contribution in [0, 0.1) is 11.8 Å². The molecule has 0 bridgehead atoms. The van der Waals surface area contributed by atoms with Gasteiger partial charge in [-0.2, -0.15) is 0 Å². The van der Waals surface area contributed by atoms with Gasteiger partial charge < -0.3 is 15.4 Å². The minimum Gasteiger partial charge on any atom is -0.379 e. The zero-order chi connectivity index (χ0) is 16.1. The number of carbonyl (C=O) groups is 1. The Morgan fingerprint density at radius 2 is 1.60 bits per heavy atom. The van der Waals surface area contributed by atoms with Crippen LogP contribution in [-0.2, 0) is 9.53 Å². The summed E-state index contributed by atoms with van der Waals surface area (Å²) in [7, 11) is 0. The van der Waals surface area contributed by atoms with Crippen molar-refractivity contribution in [3.05, 3.63) is 0 Å². The molecule has 0 aromatic heterocycles. The van der Waals surface area contributed by atoms with Gasteiger partial charge in [-0.05, 0) is 37.5 Å². The summed E-state index contributed by atoms with van der Waals surface area (Å²) in [4.78, 5) is 17.2. The minimum atomic E-state index is 0. The zero-order valence-corrected chi connectivity index (χ0v) is 16.9. The average Bonchev–Trinajstić information content (AvgIpc) is 2.58. The van der Waals surface area contributed by atoms with Crippen molar-refractivity contribution in [2.75, 3.05) is 45.9 Å². The molecule has 2 saturated heterocycles. The van der Waals surface area contributed by atoms with E-state index in [1.54, 1.807) is 0 Å². The van der Waals surface area contributed by atoms with Crippen LogP contribution in [0.4, 0.5) is 0 Å². The number of likely N-dealkylation sites (tertiary alicyclic amines) is 1. The molecule has 7 heteroatoms. The third kappa shape index (κ3) is 6.87. The Bertz CT molecular complexity index is 387. The molecule has 0 aromatic carbocycles. The summed E-state index contributed by atoms with van der Waals surface area (Å²) in [5.41, 5.74) is 6.20. The first-order valence-electron chi connectivity index (χ1n) is 9.56. The van der Waals surface area contributed by atoms with Crippen molar-refractivity contribution < 1.29 is 9.53 Å². The standard InChI is InChI=1S/C18H33N3O2.2ClH/c19-17-4-2-1-3-16(17)13-18(22)21-7-5-15(6-8-21)14-20-9-11-23-12-10-20;;/h15-17H,1-14,19H2;2*1H. The number of hydrogen-bond acceptors (Lipinski definition) is 4. The van der Waals surface area contributed by atoms with Gasteiger partial charge in [0.1, 0.15) is 0 Å². The van der Waals surface area contributed by atoms with Crippen molar-refractivity contribution >= 4 is 30.7 Å². The van der Waals surface area contributed by atoms with Gasteiger partial charge in [0.15, 0.2) is 0 Å². The van der Waals surface area contributed by atoms with Crippen LogP contribution >= 0.6 is 24.8 Å².